The van der Waals surface area contributed by atoms with Crippen LogP contribution in [-0.2, 0) is 4.79 Å². The van der Waals surface area contributed by atoms with Crippen LogP contribution in [0.15, 0.2) is 23.9 Å². The van der Waals surface area contributed by atoms with Crippen LogP contribution < -0.4 is 10.6 Å². The third-order valence-electron chi connectivity index (χ3n) is 2.10. The molecule has 1 aliphatic rings. The van der Waals surface area contributed by atoms with E-state index in [4.69, 9.17) is 10.2 Å². The fraction of sp³-hybridized carbons (Fsp3) is 0.500. The molecule has 0 fully saturated rings. The molecule has 0 spiro atoms. The van der Waals surface area contributed by atoms with Crippen molar-refractivity contribution < 1.29 is 15.0 Å². The number of carbonyl (C=O) groups is 1. The van der Waals surface area contributed by atoms with Crippen LogP contribution in [0.5, 0.6) is 0 Å². The summed E-state index contributed by atoms with van der Waals surface area (Å²) in [7, 11) is 0. The van der Waals surface area contributed by atoms with Crippen molar-refractivity contribution in [3.05, 3.63) is 23.9 Å². The normalized spacial score (nSPS) is 21.7. The van der Waals surface area contributed by atoms with Gasteiger partial charge in [0.05, 0.1) is 11.7 Å². The second-order valence-corrected chi connectivity index (χ2v) is 3.48. The van der Waals surface area contributed by atoms with Crippen molar-refractivity contribution in [2.45, 2.75) is 25.6 Å². The van der Waals surface area contributed by atoms with Gasteiger partial charge in [0.15, 0.2) is 0 Å². The maximum Gasteiger partial charge on any atom is 0.335 e. The van der Waals surface area contributed by atoms with Crippen LogP contribution in [0.1, 0.15) is 13.3 Å². The molecule has 1 unspecified atom stereocenters. The van der Waals surface area contributed by atoms with Crippen molar-refractivity contribution in [2.75, 3.05) is 6.54 Å². The second-order valence-electron chi connectivity index (χ2n) is 3.48. The summed E-state index contributed by atoms with van der Waals surface area (Å²) in [6.45, 7) is 2.26. The van der Waals surface area contributed by atoms with E-state index in [1.807, 2.05) is 0 Å². The molecular weight excluding hydrogens is 196 g/mol. The summed E-state index contributed by atoms with van der Waals surface area (Å²) < 4.78 is 0. The Morgan fingerprint density at radius 1 is 1.73 bits per heavy atom. The molecule has 1 aliphatic heterocycles. The Balaban J connectivity index is 2.44. The highest BCUT2D eigenvalue weighted by Gasteiger charge is 2.19. The lowest BCUT2D eigenvalue weighted by atomic mass is 10.1. The van der Waals surface area contributed by atoms with Gasteiger partial charge in [0, 0.05) is 0 Å². The molecule has 1 heterocycles. The van der Waals surface area contributed by atoms with E-state index in [1.165, 1.54) is 0 Å². The number of dihydropyridines is 1. The molecule has 5 nitrogen and oxygen atoms in total. The van der Waals surface area contributed by atoms with Gasteiger partial charge in [-0.05, 0) is 38.2 Å². The smallest absolute Gasteiger partial charge is 0.335 e. The van der Waals surface area contributed by atoms with Gasteiger partial charge in [-0.3, -0.25) is 5.32 Å². The van der Waals surface area contributed by atoms with Gasteiger partial charge in [-0.25, -0.2) is 4.79 Å². The topological polar surface area (TPSA) is 81.6 Å². The standard InChI is InChI=1S/C10H16N2O3/c1-7(13)4-6-12-9-8(10(14)15)3-2-5-11-9/h2-3,5,7,9,11-13H,4,6H2,1H3,(H,14,15)/t7-,9?/m0/s1. The number of hydrogen-bond donors (Lipinski definition) is 4. The highest BCUT2D eigenvalue weighted by molar-refractivity contribution is 5.88. The lowest BCUT2D eigenvalue weighted by Crippen LogP contribution is -2.45. The maximum atomic E-state index is 10.8. The number of aliphatic hydroxyl groups excluding tert-OH is 1. The van der Waals surface area contributed by atoms with E-state index in [0.29, 0.717) is 13.0 Å². The fourth-order valence-corrected chi connectivity index (χ4v) is 1.29. The summed E-state index contributed by atoms with van der Waals surface area (Å²) in [5.41, 5.74) is 0.281. The number of carboxylic acid groups (broad SMARTS) is 1. The number of aliphatic hydroxyl groups is 1. The molecule has 4 N–H and O–H groups in total. The zero-order valence-corrected chi connectivity index (χ0v) is 8.60. The highest BCUT2D eigenvalue weighted by atomic mass is 16.4. The van der Waals surface area contributed by atoms with Crippen molar-refractivity contribution in [2.24, 2.45) is 0 Å². The molecule has 0 saturated heterocycles. The number of nitrogens with one attached hydrogen (secondary N) is 2. The lowest BCUT2D eigenvalue weighted by Gasteiger charge is -2.22. The first-order chi connectivity index (χ1) is 7.11. The Hall–Kier alpha value is -1.33. The summed E-state index contributed by atoms with van der Waals surface area (Å²) in [6.07, 6.45) is 4.72. The summed E-state index contributed by atoms with van der Waals surface area (Å²) >= 11 is 0. The first-order valence-electron chi connectivity index (χ1n) is 4.89. The summed E-state index contributed by atoms with van der Waals surface area (Å²) in [4.78, 5) is 10.8. The monoisotopic (exact) mass is 212 g/mol. The maximum absolute atomic E-state index is 10.8. The Kier molecular flexibility index (Phi) is 4.33. The van der Waals surface area contributed by atoms with Crippen LogP contribution in [0.2, 0.25) is 0 Å². The zero-order valence-electron chi connectivity index (χ0n) is 8.60. The molecular formula is C10H16N2O3. The number of allylic oxidation sites excluding steroid dienone is 2. The van der Waals surface area contributed by atoms with Crippen molar-refractivity contribution in [3.63, 3.8) is 0 Å². The van der Waals surface area contributed by atoms with Gasteiger partial charge in [0.25, 0.3) is 0 Å². The Morgan fingerprint density at radius 3 is 3.07 bits per heavy atom. The van der Waals surface area contributed by atoms with Crippen LogP contribution in [0.25, 0.3) is 0 Å². The van der Waals surface area contributed by atoms with Gasteiger partial charge >= 0.3 is 5.97 Å². The minimum Gasteiger partial charge on any atom is -0.478 e. The van der Waals surface area contributed by atoms with E-state index in [9.17, 15) is 4.79 Å². The van der Waals surface area contributed by atoms with Crippen LogP contribution in [0.3, 0.4) is 0 Å². The van der Waals surface area contributed by atoms with Crippen LogP contribution in [0.4, 0.5) is 0 Å². The average Bonchev–Trinajstić information content (AvgIpc) is 2.17. The van der Waals surface area contributed by atoms with Crippen LogP contribution >= 0.6 is 0 Å². The van der Waals surface area contributed by atoms with Crippen LogP contribution in [0, 0.1) is 0 Å². The van der Waals surface area contributed by atoms with Gasteiger partial charge in [-0.1, -0.05) is 0 Å². The van der Waals surface area contributed by atoms with Gasteiger partial charge in [0.2, 0.25) is 0 Å². The van der Waals surface area contributed by atoms with Gasteiger partial charge in [-0.15, -0.1) is 0 Å². The van der Waals surface area contributed by atoms with Gasteiger partial charge < -0.3 is 15.5 Å². The molecule has 0 aliphatic carbocycles. The molecule has 0 aromatic heterocycles. The van der Waals surface area contributed by atoms with Crippen molar-refractivity contribution in [3.8, 4) is 0 Å². The summed E-state index contributed by atoms with van der Waals surface area (Å²) in [5, 5.41) is 23.9. The molecule has 0 aromatic carbocycles. The minimum atomic E-state index is -0.943. The van der Waals surface area contributed by atoms with Crippen molar-refractivity contribution in [1.82, 2.24) is 10.6 Å². The summed E-state index contributed by atoms with van der Waals surface area (Å²) in [6, 6.07) is 0. The van der Waals surface area contributed by atoms with E-state index < -0.39 is 5.97 Å². The first-order valence-corrected chi connectivity index (χ1v) is 4.89. The third-order valence-corrected chi connectivity index (χ3v) is 2.10. The fourth-order valence-electron chi connectivity index (χ4n) is 1.29. The SMILES string of the molecule is C[C@H](O)CCNC1NC=CC=C1C(=O)O. The van der Waals surface area contributed by atoms with E-state index in [-0.39, 0.29) is 17.8 Å². The molecule has 1 rings (SSSR count). The Labute approximate surface area is 88.5 Å². The molecule has 5 heteroatoms. The molecule has 0 bridgehead atoms. The molecule has 15 heavy (non-hydrogen) atoms. The van der Waals surface area contributed by atoms with E-state index in [2.05, 4.69) is 10.6 Å². The summed E-state index contributed by atoms with van der Waals surface area (Å²) in [5.74, 6) is -0.943. The average molecular weight is 212 g/mol. The Bertz CT molecular complexity index is 284. The lowest BCUT2D eigenvalue weighted by molar-refractivity contribution is -0.133. The molecule has 84 valence electrons. The number of aliphatic carboxylic acids is 1. The van der Waals surface area contributed by atoms with Crippen molar-refractivity contribution in [1.29, 1.82) is 0 Å². The molecule has 0 radical (unpaired) electrons. The van der Waals surface area contributed by atoms with Gasteiger partial charge in [-0.2, -0.15) is 0 Å². The second kappa shape index (κ2) is 5.53. The Morgan fingerprint density at radius 2 is 2.47 bits per heavy atom. The quantitative estimate of drug-likeness (QED) is 0.507. The largest absolute Gasteiger partial charge is 0.478 e. The predicted molar refractivity (Wildman–Crippen MR) is 56.1 cm³/mol. The van der Waals surface area contributed by atoms with Crippen LogP contribution in [-0.4, -0.2) is 35.0 Å². The van der Waals surface area contributed by atoms with E-state index in [0.717, 1.165) is 0 Å². The minimum absolute atomic E-state index is 0.281. The number of rotatable bonds is 5. The van der Waals surface area contributed by atoms with Gasteiger partial charge in [0.1, 0.15) is 6.17 Å². The first kappa shape index (κ1) is 11.7. The van der Waals surface area contributed by atoms with E-state index in [1.54, 1.807) is 25.3 Å². The molecule has 0 amide bonds. The molecule has 0 saturated carbocycles. The highest BCUT2D eigenvalue weighted by Crippen LogP contribution is 2.05. The van der Waals surface area contributed by atoms with E-state index >= 15 is 0 Å². The molecule has 0 aromatic rings. The predicted octanol–water partition coefficient (Wildman–Crippen LogP) is -0.199. The third kappa shape index (κ3) is 3.73. The number of carboxylic acids is 1. The molecule has 2 atom stereocenters. The zero-order chi connectivity index (χ0) is 11.3. The van der Waals surface area contributed by atoms with Crippen molar-refractivity contribution >= 4 is 5.97 Å². The number of hydrogen-bond acceptors (Lipinski definition) is 4.